The van der Waals surface area contributed by atoms with E-state index < -0.39 is 0 Å². The summed E-state index contributed by atoms with van der Waals surface area (Å²) in [5, 5.41) is 0.744. The van der Waals surface area contributed by atoms with Crippen LogP contribution in [0.1, 0.15) is 30.5 Å². The Labute approximate surface area is 103 Å². The Balaban J connectivity index is 3.45. The lowest BCUT2D eigenvalue weighted by Crippen LogP contribution is -1.92. The highest BCUT2D eigenvalue weighted by Crippen LogP contribution is 2.29. The van der Waals surface area contributed by atoms with Gasteiger partial charge in [0.05, 0.1) is 0 Å². The van der Waals surface area contributed by atoms with Gasteiger partial charge in [0.25, 0.3) is 0 Å². The Kier molecular flexibility index (Phi) is 4.14. The highest BCUT2D eigenvalue weighted by atomic mass is 35.5. The maximum atomic E-state index is 6.12. The Hall–Kier alpha value is -1.27. The van der Waals surface area contributed by atoms with Crippen LogP contribution in [-0.2, 0) is 0 Å². The van der Waals surface area contributed by atoms with E-state index in [0.29, 0.717) is 0 Å². The maximum Gasteiger partial charge on any atom is 0.0481 e. The number of halogens is 1. The molecule has 0 unspecified atom stereocenters. The molecule has 0 radical (unpaired) electrons. The third-order valence-electron chi connectivity index (χ3n) is 2.60. The van der Waals surface area contributed by atoms with Crippen LogP contribution in [0.5, 0.6) is 0 Å². The fourth-order valence-electron chi connectivity index (χ4n) is 1.77. The zero-order valence-corrected chi connectivity index (χ0v) is 10.9. The molecule has 0 aliphatic rings. The Morgan fingerprint density at radius 3 is 2.44 bits per heavy atom. The molecule has 0 spiro atoms. The first-order valence-corrected chi connectivity index (χ1v) is 5.64. The number of benzene rings is 1. The molecule has 0 fully saturated rings. The summed E-state index contributed by atoms with van der Waals surface area (Å²) in [5.74, 6) is 0. The molecule has 0 heterocycles. The zero-order chi connectivity index (χ0) is 12.3. The smallest absolute Gasteiger partial charge is 0.0481 e. The summed E-state index contributed by atoms with van der Waals surface area (Å²) in [6.45, 7) is 13.8. The molecule has 1 aromatic rings. The molecule has 0 saturated carbocycles. The van der Waals surface area contributed by atoms with Crippen molar-refractivity contribution in [1.29, 1.82) is 0 Å². The molecule has 0 aliphatic carbocycles. The highest BCUT2D eigenvalue weighted by molar-refractivity contribution is 6.32. The predicted molar refractivity (Wildman–Crippen MR) is 74.7 cm³/mol. The van der Waals surface area contributed by atoms with Crippen molar-refractivity contribution in [2.24, 2.45) is 0 Å². The number of aryl methyl sites for hydroxylation is 1. The van der Waals surface area contributed by atoms with E-state index in [9.17, 15) is 0 Å². The van der Waals surface area contributed by atoms with Crippen molar-refractivity contribution in [2.75, 3.05) is 0 Å². The van der Waals surface area contributed by atoms with E-state index in [2.05, 4.69) is 32.2 Å². The SMILES string of the molecule is C=Cc1cc(/C(=C\C)C(=C)C)c(C)cc1Cl. The summed E-state index contributed by atoms with van der Waals surface area (Å²) in [6, 6.07) is 4.04. The predicted octanol–water partition coefficient (Wildman–Crippen LogP) is 5.27. The zero-order valence-electron chi connectivity index (χ0n) is 10.1. The molecule has 84 valence electrons. The maximum absolute atomic E-state index is 6.12. The van der Waals surface area contributed by atoms with Crippen LogP contribution in [0.15, 0.2) is 36.9 Å². The van der Waals surface area contributed by atoms with Gasteiger partial charge in [0.1, 0.15) is 0 Å². The second-order valence-corrected chi connectivity index (χ2v) is 4.28. The number of allylic oxidation sites excluding steroid dienone is 3. The average Bonchev–Trinajstić information content (AvgIpc) is 2.21. The van der Waals surface area contributed by atoms with Crippen LogP contribution in [0.25, 0.3) is 11.6 Å². The largest absolute Gasteiger partial charge is 0.0984 e. The van der Waals surface area contributed by atoms with Crippen LogP contribution in [-0.4, -0.2) is 0 Å². The molecule has 0 bridgehead atoms. The monoisotopic (exact) mass is 232 g/mol. The average molecular weight is 233 g/mol. The second kappa shape index (κ2) is 5.18. The van der Waals surface area contributed by atoms with E-state index in [1.807, 2.05) is 19.9 Å². The molecule has 0 aliphatic heterocycles. The van der Waals surface area contributed by atoms with Crippen molar-refractivity contribution in [1.82, 2.24) is 0 Å². The number of hydrogen-bond acceptors (Lipinski definition) is 0. The standard InChI is InChI=1S/C15H17Cl/c1-6-12-9-14(11(5)8-15(12)16)13(7-2)10(3)4/h6-9H,1,3H2,2,4-5H3/b13-7-. The van der Waals surface area contributed by atoms with Gasteiger partial charge in [-0.15, -0.1) is 0 Å². The molecule has 0 N–H and O–H groups in total. The molecule has 16 heavy (non-hydrogen) atoms. The van der Waals surface area contributed by atoms with Gasteiger partial charge in [-0.1, -0.05) is 42.5 Å². The normalized spacial score (nSPS) is 11.4. The quantitative estimate of drug-likeness (QED) is 0.623. The summed E-state index contributed by atoms with van der Waals surface area (Å²) in [5.41, 5.74) is 5.52. The molecule has 0 atom stereocenters. The lowest BCUT2D eigenvalue weighted by molar-refractivity contribution is 1.39. The third kappa shape index (κ3) is 2.45. The van der Waals surface area contributed by atoms with Gasteiger partial charge in [-0.05, 0) is 55.2 Å². The Morgan fingerprint density at radius 1 is 1.38 bits per heavy atom. The topological polar surface area (TPSA) is 0 Å². The van der Waals surface area contributed by atoms with Gasteiger partial charge in [0.2, 0.25) is 0 Å². The molecule has 1 heteroatoms. The van der Waals surface area contributed by atoms with Gasteiger partial charge in [0, 0.05) is 5.02 Å². The van der Waals surface area contributed by atoms with Gasteiger partial charge >= 0.3 is 0 Å². The van der Waals surface area contributed by atoms with Crippen LogP contribution in [0.4, 0.5) is 0 Å². The van der Waals surface area contributed by atoms with Crippen molar-refractivity contribution in [3.05, 3.63) is 58.7 Å². The summed E-state index contributed by atoms with van der Waals surface area (Å²) < 4.78 is 0. The molecule has 1 rings (SSSR count). The van der Waals surface area contributed by atoms with Gasteiger partial charge in [-0.2, -0.15) is 0 Å². The van der Waals surface area contributed by atoms with Crippen molar-refractivity contribution in [3.63, 3.8) is 0 Å². The molecule has 1 aromatic carbocycles. The molecule has 0 amide bonds. The third-order valence-corrected chi connectivity index (χ3v) is 2.93. The van der Waals surface area contributed by atoms with Gasteiger partial charge in [-0.25, -0.2) is 0 Å². The summed E-state index contributed by atoms with van der Waals surface area (Å²) in [6.07, 6.45) is 3.85. The first-order valence-electron chi connectivity index (χ1n) is 5.26. The van der Waals surface area contributed by atoms with Crippen LogP contribution in [0.3, 0.4) is 0 Å². The summed E-state index contributed by atoms with van der Waals surface area (Å²) in [4.78, 5) is 0. The molecular weight excluding hydrogens is 216 g/mol. The minimum Gasteiger partial charge on any atom is -0.0984 e. The van der Waals surface area contributed by atoms with Crippen molar-refractivity contribution in [3.8, 4) is 0 Å². The van der Waals surface area contributed by atoms with Gasteiger partial charge < -0.3 is 0 Å². The summed E-state index contributed by atoms with van der Waals surface area (Å²) in [7, 11) is 0. The van der Waals surface area contributed by atoms with E-state index in [-0.39, 0.29) is 0 Å². The fourth-order valence-corrected chi connectivity index (χ4v) is 2.06. The van der Waals surface area contributed by atoms with E-state index in [1.54, 1.807) is 6.08 Å². The van der Waals surface area contributed by atoms with E-state index >= 15 is 0 Å². The lowest BCUT2D eigenvalue weighted by Gasteiger charge is -2.12. The van der Waals surface area contributed by atoms with Crippen molar-refractivity contribution in [2.45, 2.75) is 20.8 Å². The minimum atomic E-state index is 0.744. The number of rotatable bonds is 3. The van der Waals surface area contributed by atoms with E-state index in [0.717, 1.165) is 27.3 Å². The van der Waals surface area contributed by atoms with Crippen LogP contribution in [0.2, 0.25) is 5.02 Å². The Morgan fingerprint density at radius 2 is 2.00 bits per heavy atom. The van der Waals surface area contributed by atoms with E-state index in [1.165, 1.54) is 5.56 Å². The van der Waals surface area contributed by atoms with Crippen LogP contribution < -0.4 is 0 Å². The molecule has 0 nitrogen and oxygen atoms in total. The fraction of sp³-hybridized carbons (Fsp3) is 0.200. The molecular formula is C15H17Cl. The highest BCUT2D eigenvalue weighted by Gasteiger charge is 2.08. The first-order chi connectivity index (χ1) is 7.51. The van der Waals surface area contributed by atoms with Crippen LogP contribution in [0, 0.1) is 6.92 Å². The van der Waals surface area contributed by atoms with Crippen LogP contribution >= 0.6 is 11.6 Å². The second-order valence-electron chi connectivity index (χ2n) is 3.88. The lowest BCUT2D eigenvalue weighted by atomic mass is 9.94. The minimum absolute atomic E-state index is 0.744. The van der Waals surface area contributed by atoms with Gasteiger partial charge in [0.15, 0.2) is 0 Å². The van der Waals surface area contributed by atoms with E-state index in [4.69, 9.17) is 11.6 Å². The molecule has 0 saturated heterocycles. The molecule has 0 aromatic heterocycles. The Bertz CT molecular complexity index is 465. The first kappa shape index (κ1) is 12.8. The summed E-state index contributed by atoms with van der Waals surface area (Å²) >= 11 is 6.12. The van der Waals surface area contributed by atoms with Crippen molar-refractivity contribution >= 4 is 23.3 Å². The number of hydrogen-bond donors (Lipinski definition) is 0. The van der Waals surface area contributed by atoms with Crippen molar-refractivity contribution < 1.29 is 0 Å². The van der Waals surface area contributed by atoms with Gasteiger partial charge in [-0.3, -0.25) is 0 Å².